The standard InChI is InChI=1S/C24H32N2O2/c1-2-16-5-3-6-20(12-16)25-22(27)21-7-4-8-26(21)23(28)24-13-17-9-18(14-24)11-19(10-17)15-24/h3,5-6,12,17-19,21H,2,4,7-11,13-15H2,1H3,(H,25,27)/t17?,18?,19?,21-,24?/m1/s1. The molecule has 4 nitrogen and oxygen atoms in total. The van der Waals surface area contributed by atoms with E-state index in [2.05, 4.69) is 18.3 Å². The van der Waals surface area contributed by atoms with E-state index in [1.807, 2.05) is 23.1 Å². The van der Waals surface area contributed by atoms with Gasteiger partial charge in [0.05, 0.1) is 5.41 Å². The number of amides is 2. The summed E-state index contributed by atoms with van der Waals surface area (Å²) in [5.74, 6) is 2.54. The number of hydrogen-bond acceptors (Lipinski definition) is 2. The molecule has 0 spiro atoms. The molecule has 4 bridgehead atoms. The van der Waals surface area contributed by atoms with Crippen molar-refractivity contribution in [3.8, 4) is 0 Å². The Labute approximate surface area is 168 Å². The van der Waals surface area contributed by atoms with Crippen LogP contribution >= 0.6 is 0 Å². The van der Waals surface area contributed by atoms with E-state index in [1.54, 1.807) is 0 Å². The van der Waals surface area contributed by atoms with Gasteiger partial charge in [0.25, 0.3) is 0 Å². The monoisotopic (exact) mass is 380 g/mol. The van der Waals surface area contributed by atoms with Crippen LogP contribution in [0, 0.1) is 23.2 Å². The number of aryl methyl sites for hydroxylation is 1. The van der Waals surface area contributed by atoms with Gasteiger partial charge >= 0.3 is 0 Å². The first-order valence-corrected chi connectivity index (χ1v) is 11.3. The quantitative estimate of drug-likeness (QED) is 0.842. The lowest BCUT2D eigenvalue weighted by atomic mass is 9.49. The van der Waals surface area contributed by atoms with Crippen molar-refractivity contribution in [3.05, 3.63) is 29.8 Å². The van der Waals surface area contributed by atoms with Gasteiger partial charge in [-0.15, -0.1) is 0 Å². The van der Waals surface area contributed by atoms with Gasteiger partial charge in [-0.3, -0.25) is 9.59 Å². The lowest BCUT2D eigenvalue weighted by Crippen LogP contribution is -2.56. The molecule has 1 aromatic carbocycles. The smallest absolute Gasteiger partial charge is 0.247 e. The molecule has 4 heteroatoms. The van der Waals surface area contributed by atoms with Crippen LogP contribution in [0.5, 0.6) is 0 Å². The topological polar surface area (TPSA) is 49.4 Å². The minimum absolute atomic E-state index is 0.0103. The molecule has 4 saturated carbocycles. The Morgan fingerprint density at radius 1 is 1.11 bits per heavy atom. The Bertz CT molecular complexity index is 751. The van der Waals surface area contributed by atoms with Crippen molar-refractivity contribution in [1.82, 2.24) is 4.90 Å². The summed E-state index contributed by atoms with van der Waals surface area (Å²) in [6.07, 6.45) is 9.90. The molecule has 1 aromatic rings. The third-order valence-corrected chi connectivity index (χ3v) is 7.91. The second-order valence-corrected chi connectivity index (χ2v) is 9.90. The molecule has 4 aliphatic carbocycles. The van der Waals surface area contributed by atoms with Crippen molar-refractivity contribution < 1.29 is 9.59 Å². The maximum absolute atomic E-state index is 13.7. The van der Waals surface area contributed by atoms with E-state index in [0.717, 1.165) is 68.5 Å². The molecule has 5 fully saturated rings. The molecule has 0 unspecified atom stereocenters. The molecule has 0 radical (unpaired) electrons. The molecule has 1 N–H and O–H groups in total. The molecular weight excluding hydrogens is 348 g/mol. The molecule has 1 aliphatic heterocycles. The van der Waals surface area contributed by atoms with E-state index in [1.165, 1.54) is 24.8 Å². The van der Waals surface area contributed by atoms with Crippen LogP contribution in [-0.4, -0.2) is 29.3 Å². The van der Waals surface area contributed by atoms with Crippen molar-refractivity contribution in [3.63, 3.8) is 0 Å². The summed E-state index contributed by atoms with van der Waals surface area (Å²) < 4.78 is 0. The number of carbonyl (C=O) groups excluding carboxylic acids is 2. The van der Waals surface area contributed by atoms with Crippen molar-refractivity contribution in [2.45, 2.75) is 70.8 Å². The molecule has 2 amide bonds. The Morgan fingerprint density at radius 2 is 1.79 bits per heavy atom. The van der Waals surface area contributed by atoms with Crippen molar-refractivity contribution in [2.24, 2.45) is 23.2 Å². The number of hydrogen-bond donors (Lipinski definition) is 1. The fourth-order valence-electron chi connectivity index (χ4n) is 7.05. The van der Waals surface area contributed by atoms with Gasteiger partial charge in [0.2, 0.25) is 11.8 Å². The van der Waals surface area contributed by atoms with Crippen LogP contribution in [0.4, 0.5) is 5.69 Å². The minimum atomic E-state index is -0.300. The average molecular weight is 381 g/mol. The lowest BCUT2D eigenvalue weighted by Gasteiger charge is -2.56. The number of anilines is 1. The van der Waals surface area contributed by atoms with E-state index in [9.17, 15) is 9.59 Å². The summed E-state index contributed by atoms with van der Waals surface area (Å²) in [7, 11) is 0. The van der Waals surface area contributed by atoms with Crippen LogP contribution in [-0.2, 0) is 16.0 Å². The number of benzene rings is 1. The van der Waals surface area contributed by atoms with E-state index in [-0.39, 0.29) is 17.4 Å². The summed E-state index contributed by atoms with van der Waals surface area (Å²) in [4.78, 5) is 28.7. The first kappa shape index (κ1) is 18.2. The summed E-state index contributed by atoms with van der Waals surface area (Å²) >= 11 is 0. The predicted octanol–water partition coefficient (Wildman–Crippen LogP) is 4.39. The van der Waals surface area contributed by atoms with Gasteiger partial charge in [-0.2, -0.15) is 0 Å². The zero-order valence-electron chi connectivity index (χ0n) is 17.0. The van der Waals surface area contributed by atoms with E-state index in [0.29, 0.717) is 5.91 Å². The summed E-state index contributed by atoms with van der Waals surface area (Å²) in [5, 5.41) is 3.08. The van der Waals surface area contributed by atoms with E-state index >= 15 is 0 Å². The fraction of sp³-hybridized carbons (Fsp3) is 0.667. The van der Waals surface area contributed by atoms with E-state index < -0.39 is 0 Å². The third-order valence-electron chi connectivity index (χ3n) is 7.91. The summed E-state index contributed by atoms with van der Waals surface area (Å²) in [6.45, 7) is 2.86. The zero-order valence-corrected chi connectivity index (χ0v) is 17.0. The van der Waals surface area contributed by atoms with Gasteiger partial charge in [0, 0.05) is 12.2 Å². The Kier molecular flexibility index (Phi) is 4.48. The first-order valence-electron chi connectivity index (χ1n) is 11.3. The Hall–Kier alpha value is -1.84. The molecule has 28 heavy (non-hydrogen) atoms. The van der Waals surface area contributed by atoms with Gasteiger partial charge in [0.15, 0.2) is 0 Å². The number of rotatable bonds is 4. The van der Waals surface area contributed by atoms with Gasteiger partial charge in [-0.05, 0) is 93.2 Å². The van der Waals surface area contributed by atoms with Crippen molar-refractivity contribution in [2.75, 3.05) is 11.9 Å². The van der Waals surface area contributed by atoms with Crippen LogP contribution in [0.15, 0.2) is 24.3 Å². The number of nitrogens with one attached hydrogen (secondary N) is 1. The SMILES string of the molecule is CCc1cccc(NC(=O)[C@H]2CCCN2C(=O)C23CC4CC(CC(C4)C2)C3)c1. The number of nitrogens with zero attached hydrogens (tertiary/aromatic N) is 1. The molecule has 1 saturated heterocycles. The molecule has 5 aliphatic rings. The number of carbonyl (C=O) groups is 2. The molecule has 150 valence electrons. The first-order chi connectivity index (χ1) is 13.6. The van der Waals surface area contributed by atoms with Crippen LogP contribution in [0.25, 0.3) is 0 Å². The lowest BCUT2D eigenvalue weighted by molar-refractivity contribution is -0.160. The summed E-state index contributed by atoms with van der Waals surface area (Å²) in [5.41, 5.74) is 1.91. The minimum Gasteiger partial charge on any atom is -0.330 e. The van der Waals surface area contributed by atoms with Crippen molar-refractivity contribution in [1.29, 1.82) is 0 Å². The van der Waals surface area contributed by atoms with E-state index in [4.69, 9.17) is 0 Å². The van der Waals surface area contributed by atoms with Crippen LogP contribution in [0.3, 0.4) is 0 Å². The van der Waals surface area contributed by atoms with Gasteiger partial charge in [-0.1, -0.05) is 19.1 Å². The maximum atomic E-state index is 13.7. The highest BCUT2D eigenvalue weighted by molar-refractivity contribution is 5.98. The number of likely N-dealkylation sites (tertiary alicyclic amines) is 1. The Balaban J connectivity index is 1.32. The van der Waals surface area contributed by atoms with Crippen LogP contribution in [0.2, 0.25) is 0 Å². The molecular formula is C24H32N2O2. The Morgan fingerprint density at radius 3 is 2.43 bits per heavy atom. The van der Waals surface area contributed by atoms with Gasteiger partial charge in [-0.25, -0.2) is 0 Å². The predicted molar refractivity (Wildman–Crippen MR) is 110 cm³/mol. The van der Waals surface area contributed by atoms with Crippen molar-refractivity contribution >= 4 is 17.5 Å². The van der Waals surface area contributed by atoms with Crippen LogP contribution in [0.1, 0.15) is 63.9 Å². The van der Waals surface area contributed by atoms with Crippen LogP contribution < -0.4 is 5.32 Å². The normalized spacial score (nSPS) is 36.0. The highest BCUT2D eigenvalue weighted by Gasteiger charge is 2.56. The van der Waals surface area contributed by atoms with Gasteiger partial charge in [0.1, 0.15) is 6.04 Å². The highest BCUT2D eigenvalue weighted by Crippen LogP contribution is 2.60. The molecule has 0 aromatic heterocycles. The van der Waals surface area contributed by atoms with Gasteiger partial charge < -0.3 is 10.2 Å². The second kappa shape index (κ2) is 6.89. The fourth-order valence-corrected chi connectivity index (χ4v) is 7.05. The molecule has 6 rings (SSSR count). The largest absolute Gasteiger partial charge is 0.330 e. The third kappa shape index (κ3) is 3.05. The maximum Gasteiger partial charge on any atom is 0.247 e. The average Bonchev–Trinajstić information content (AvgIpc) is 3.16. The summed E-state index contributed by atoms with van der Waals surface area (Å²) in [6, 6.07) is 7.75. The second-order valence-electron chi connectivity index (χ2n) is 9.90. The molecule has 1 heterocycles. The zero-order chi connectivity index (χ0) is 19.3. The highest BCUT2D eigenvalue weighted by atomic mass is 16.2. The molecule has 1 atom stereocenters.